The zero-order valence-corrected chi connectivity index (χ0v) is 14.1. The summed E-state index contributed by atoms with van der Waals surface area (Å²) in [5, 5.41) is 1.15. The third-order valence-electron chi connectivity index (χ3n) is 5.00. The Hall–Kier alpha value is -1.20. The number of nitrogens with zero attached hydrogens (tertiary/aromatic N) is 3. The topological polar surface area (TPSA) is 55.0 Å². The molecule has 2 aromatic heterocycles. The highest BCUT2D eigenvalue weighted by Gasteiger charge is 2.22. The second-order valence-corrected chi connectivity index (χ2v) is 7.98. The lowest BCUT2D eigenvalue weighted by Gasteiger charge is -2.30. The minimum atomic E-state index is 0.699. The molecule has 2 aliphatic rings. The lowest BCUT2D eigenvalue weighted by atomic mass is 9.97. The number of piperidine rings is 1. The first kappa shape index (κ1) is 14.4. The van der Waals surface area contributed by atoms with Crippen LogP contribution in [0.15, 0.2) is 0 Å². The first-order valence-electron chi connectivity index (χ1n) is 8.49. The highest BCUT2D eigenvalue weighted by molar-refractivity contribution is 7.19. The van der Waals surface area contributed by atoms with Crippen LogP contribution in [-0.4, -0.2) is 28.0 Å². The minimum absolute atomic E-state index is 0.699. The van der Waals surface area contributed by atoms with Crippen LogP contribution in [0.5, 0.6) is 0 Å². The van der Waals surface area contributed by atoms with Crippen molar-refractivity contribution >= 4 is 27.4 Å². The molecule has 2 aromatic rings. The van der Waals surface area contributed by atoms with Crippen LogP contribution in [0, 0.1) is 5.92 Å². The molecule has 1 aliphatic heterocycles. The predicted molar refractivity (Wildman–Crippen MR) is 92.1 cm³/mol. The average molecular weight is 316 g/mol. The number of nitrogens with two attached hydrogens (primary N) is 1. The molecule has 5 heteroatoms. The SMILES string of the molecule is CC1CCCN(Cc2nc(N)c3c4c(sc3n2)CCCC4)C1. The molecule has 1 aliphatic carbocycles. The van der Waals surface area contributed by atoms with Gasteiger partial charge < -0.3 is 5.73 Å². The van der Waals surface area contributed by atoms with E-state index in [1.807, 2.05) is 11.3 Å². The van der Waals surface area contributed by atoms with Crippen molar-refractivity contribution in [1.29, 1.82) is 0 Å². The van der Waals surface area contributed by atoms with Gasteiger partial charge in [0.15, 0.2) is 0 Å². The Labute approximate surface area is 135 Å². The molecule has 4 nitrogen and oxygen atoms in total. The number of thiophene rings is 1. The molecular formula is C17H24N4S. The fourth-order valence-electron chi connectivity index (χ4n) is 3.93. The predicted octanol–water partition coefficient (Wildman–Crippen LogP) is 3.38. The molecule has 3 heterocycles. The highest BCUT2D eigenvalue weighted by Crippen LogP contribution is 2.37. The van der Waals surface area contributed by atoms with Crippen molar-refractivity contribution in [3.8, 4) is 0 Å². The van der Waals surface area contributed by atoms with Gasteiger partial charge in [-0.05, 0) is 56.6 Å². The van der Waals surface area contributed by atoms with Crippen molar-refractivity contribution < 1.29 is 0 Å². The van der Waals surface area contributed by atoms with E-state index in [0.29, 0.717) is 5.82 Å². The number of hydrogen-bond acceptors (Lipinski definition) is 5. The van der Waals surface area contributed by atoms with Gasteiger partial charge in [0.2, 0.25) is 0 Å². The van der Waals surface area contributed by atoms with Gasteiger partial charge in [0.05, 0.1) is 11.9 Å². The Balaban J connectivity index is 1.65. The summed E-state index contributed by atoms with van der Waals surface area (Å²) in [5.74, 6) is 2.38. The Morgan fingerprint density at radius 2 is 2.09 bits per heavy atom. The second kappa shape index (κ2) is 5.78. The summed E-state index contributed by atoms with van der Waals surface area (Å²) < 4.78 is 0. The van der Waals surface area contributed by atoms with Gasteiger partial charge in [-0.1, -0.05) is 6.92 Å². The molecule has 1 fully saturated rings. The van der Waals surface area contributed by atoms with Crippen LogP contribution in [0.2, 0.25) is 0 Å². The van der Waals surface area contributed by atoms with Gasteiger partial charge in [0, 0.05) is 11.4 Å². The highest BCUT2D eigenvalue weighted by atomic mass is 32.1. The molecule has 1 atom stereocenters. The number of nitrogen functional groups attached to an aromatic ring is 1. The van der Waals surface area contributed by atoms with Crippen LogP contribution < -0.4 is 5.73 Å². The maximum absolute atomic E-state index is 6.29. The fourth-order valence-corrected chi connectivity index (χ4v) is 5.22. The summed E-state index contributed by atoms with van der Waals surface area (Å²) in [6.07, 6.45) is 7.53. The van der Waals surface area contributed by atoms with E-state index in [4.69, 9.17) is 10.7 Å². The molecule has 2 N–H and O–H groups in total. The van der Waals surface area contributed by atoms with Crippen LogP contribution in [0.1, 0.15) is 48.9 Å². The third kappa shape index (κ3) is 2.61. The van der Waals surface area contributed by atoms with Crippen molar-refractivity contribution in [2.24, 2.45) is 5.92 Å². The van der Waals surface area contributed by atoms with Crippen molar-refractivity contribution in [2.75, 3.05) is 18.8 Å². The number of hydrogen-bond donors (Lipinski definition) is 1. The summed E-state index contributed by atoms with van der Waals surface area (Å²) in [5.41, 5.74) is 7.73. The van der Waals surface area contributed by atoms with Gasteiger partial charge in [-0.2, -0.15) is 0 Å². The Kier molecular flexibility index (Phi) is 3.78. The maximum Gasteiger partial charge on any atom is 0.146 e. The van der Waals surface area contributed by atoms with E-state index < -0.39 is 0 Å². The number of anilines is 1. The summed E-state index contributed by atoms with van der Waals surface area (Å²) in [6, 6.07) is 0. The first-order chi connectivity index (χ1) is 10.7. The third-order valence-corrected chi connectivity index (χ3v) is 6.18. The van der Waals surface area contributed by atoms with E-state index in [-0.39, 0.29) is 0 Å². The molecular weight excluding hydrogens is 292 g/mol. The number of likely N-dealkylation sites (tertiary alicyclic amines) is 1. The molecule has 0 saturated carbocycles. The molecule has 4 rings (SSSR count). The second-order valence-electron chi connectivity index (χ2n) is 6.90. The molecule has 0 aromatic carbocycles. The van der Waals surface area contributed by atoms with Crippen LogP contribution in [0.4, 0.5) is 5.82 Å². The zero-order chi connectivity index (χ0) is 15.1. The van der Waals surface area contributed by atoms with Gasteiger partial charge in [0.1, 0.15) is 16.5 Å². The van der Waals surface area contributed by atoms with Gasteiger partial charge in [-0.25, -0.2) is 9.97 Å². The standard InChI is InChI=1S/C17H24N4S/c1-11-5-4-8-21(9-11)10-14-19-16(18)15-12-6-2-3-7-13(12)22-17(15)20-14/h11H,2-10H2,1H3,(H2,18,19,20). The van der Waals surface area contributed by atoms with E-state index in [1.165, 1.54) is 42.5 Å². The average Bonchev–Trinajstić information content (AvgIpc) is 2.85. The number of rotatable bonds is 2. The maximum atomic E-state index is 6.29. The van der Waals surface area contributed by atoms with Gasteiger partial charge >= 0.3 is 0 Å². The molecule has 118 valence electrons. The summed E-state index contributed by atoms with van der Waals surface area (Å²) in [6.45, 7) is 5.49. The molecule has 0 spiro atoms. The van der Waals surface area contributed by atoms with Crippen molar-refractivity contribution in [2.45, 2.75) is 52.0 Å². The van der Waals surface area contributed by atoms with E-state index in [0.717, 1.165) is 48.0 Å². The van der Waals surface area contributed by atoms with Gasteiger partial charge in [-0.15, -0.1) is 11.3 Å². The minimum Gasteiger partial charge on any atom is -0.383 e. The molecule has 22 heavy (non-hydrogen) atoms. The number of fused-ring (bicyclic) bond motifs is 3. The molecule has 1 saturated heterocycles. The normalized spacial score (nSPS) is 22.9. The van der Waals surface area contributed by atoms with Crippen LogP contribution in [-0.2, 0) is 19.4 Å². The lowest BCUT2D eigenvalue weighted by molar-refractivity contribution is 0.173. The van der Waals surface area contributed by atoms with E-state index in [1.54, 1.807) is 0 Å². The largest absolute Gasteiger partial charge is 0.383 e. The molecule has 1 unspecified atom stereocenters. The summed E-state index contributed by atoms with van der Waals surface area (Å²) >= 11 is 1.84. The Bertz CT molecular complexity index is 694. The summed E-state index contributed by atoms with van der Waals surface area (Å²) in [7, 11) is 0. The van der Waals surface area contributed by atoms with E-state index >= 15 is 0 Å². The quantitative estimate of drug-likeness (QED) is 0.923. The van der Waals surface area contributed by atoms with Crippen LogP contribution in [0.25, 0.3) is 10.2 Å². The van der Waals surface area contributed by atoms with Gasteiger partial charge in [-0.3, -0.25) is 4.90 Å². The van der Waals surface area contributed by atoms with Crippen molar-refractivity contribution in [3.05, 3.63) is 16.3 Å². The molecule has 0 amide bonds. The Morgan fingerprint density at radius 1 is 1.23 bits per heavy atom. The first-order valence-corrected chi connectivity index (χ1v) is 9.31. The summed E-state index contributed by atoms with van der Waals surface area (Å²) in [4.78, 5) is 14.6. The number of aryl methyl sites for hydroxylation is 2. The fraction of sp³-hybridized carbons (Fsp3) is 0.647. The van der Waals surface area contributed by atoms with E-state index in [2.05, 4.69) is 16.8 Å². The van der Waals surface area contributed by atoms with Crippen molar-refractivity contribution in [1.82, 2.24) is 14.9 Å². The van der Waals surface area contributed by atoms with Gasteiger partial charge in [0.25, 0.3) is 0 Å². The van der Waals surface area contributed by atoms with E-state index in [9.17, 15) is 0 Å². The van der Waals surface area contributed by atoms with Crippen LogP contribution in [0.3, 0.4) is 0 Å². The monoisotopic (exact) mass is 316 g/mol. The number of aromatic nitrogens is 2. The molecule has 0 bridgehead atoms. The molecule has 0 radical (unpaired) electrons. The lowest BCUT2D eigenvalue weighted by Crippen LogP contribution is -2.34. The zero-order valence-electron chi connectivity index (χ0n) is 13.3. The van der Waals surface area contributed by atoms with Crippen molar-refractivity contribution in [3.63, 3.8) is 0 Å². The Morgan fingerprint density at radius 3 is 2.95 bits per heavy atom. The van der Waals surface area contributed by atoms with Crippen LogP contribution >= 0.6 is 11.3 Å². The smallest absolute Gasteiger partial charge is 0.146 e.